The van der Waals surface area contributed by atoms with Crippen LogP contribution in [-0.2, 0) is 13.1 Å². The lowest BCUT2D eigenvalue weighted by Crippen LogP contribution is -2.31. The number of methoxy groups -OCH3 is 2. The fourth-order valence-electron chi connectivity index (χ4n) is 4.44. The number of halogens is 2. The van der Waals surface area contributed by atoms with E-state index in [1.807, 2.05) is 37.3 Å². The van der Waals surface area contributed by atoms with Gasteiger partial charge in [0, 0.05) is 18.7 Å². The van der Waals surface area contributed by atoms with Crippen LogP contribution in [0.4, 0.5) is 0 Å². The summed E-state index contributed by atoms with van der Waals surface area (Å²) in [6, 6.07) is 13.0. The number of rotatable bonds is 5. The average molecular weight is 512 g/mol. The Labute approximate surface area is 213 Å². The Kier molecular flexibility index (Phi) is 6.36. The molecular formula is C27H23Cl2NO5. The molecular weight excluding hydrogens is 489 g/mol. The molecule has 0 amide bonds. The van der Waals surface area contributed by atoms with Crippen LogP contribution in [0.2, 0.25) is 10.0 Å². The number of benzene rings is 3. The molecule has 0 radical (unpaired) electrons. The molecule has 5 rings (SSSR count). The molecule has 2 heterocycles. The van der Waals surface area contributed by atoms with Crippen molar-refractivity contribution < 1.29 is 23.7 Å². The second kappa shape index (κ2) is 9.46. The number of hydrogen-bond acceptors (Lipinski definition) is 6. The van der Waals surface area contributed by atoms with Gasteiger partial charge < -0.3 is 18.9 Å². The van der Waals surface area contributed by atoms with Gasteiger partial charge in [-0.25, -0.2) is 0 Å². The molecule has 3 aromatic carbocycles. The summed E-state index contributed by atoms with van der Waals surface area (Å²) in [6.07, 6.45) is 1.69. The Morgan fingerprint density at radius 1 is 1.09 bits per heavy atom. The number of carbonyl (C=O) groups is 1. The number of allylic oxidation sites excluding steroid dienone is 1. The fraction of sp³-hybridized carbons (Fsp3) is 0.222. The molecule has 0 aliphatic carbocycles. The van der Waals surface area contributed by atoms with E-state index in [1.54, 1.807) is 32.4 Å². The summed E-state index contributed by atoms with van der Waals surface area (Å²) in [5, 5.41) is 1.03. The van der Waals surface area contributed by atoms with Gasteiger partial charge in [0.2, 0.25) is 5.78 Å². The van der Waals surface area contributed by atoms with Gasteiger partial charge in [0.15, 0.2) is 17.3 Å². The summed E-state index contributed by atoms with van der Waals surface area (Å²) in [7, 11) is 3.13. The highest BCUT2D eigenvalue weighted by molar-refractivity contribution is 6.42. The van der Waals surface area contributed by atoms with Gasteiger partial charge in [0.1, 0.15) is 18.2 Å². The highest BCUT2D eigenvalue weighted by Gasteiger charge is 2.35. The van der Waals surface area contributed by atoms with Crippen LogP contribution in [0.5, 0.6) is 23.0 Å². The normalized spacial score (nSPS) is 15.9. The van der Waals surface area contributed by atoms with Crippen molar-refractivity contribution in [2.75, 3.05) is 21.0 Å². The summed E-state index contributed by atoms with van der Waals surface area (Å²) in [5.74, 6) is 2.42. The van der Waals surface area contributed by atoms with Crippen LogP contribution >= 0.6 is 23.2 Å². The van der Waals surface area contributed by atoms with Gasteiger partial charge in [-0.2, -0.15) is 0 Å². The van der Waals surface area contributed by atoms with E-state index >= 15 is 0 Å². The summed E-state index contributed by atoms with van der Waals surface area (Å²) >= 11 is 12.2. The predicted molar refractivity (Wildman–Crippen MR) is 135 cm³/mol. The van der Waals surface area contributed by atoms with Crippen LogP contribution in [0.3, 0.4) is 0 Å². The largest absolute Gasteiger partial charge is 0.493 e. The highest BCUT2D eigenvalue weighted by Crippen LogP contribution is 2.45. The number of fused-ring (bicyclic) bond motifs is 3. The van der Waals surface area contributed by atoms with Crippen LogP contribution in [0.15, 0.2) is 48.2 Å². The number of ether oxygens (including phenoxy) is 4. The van der Waals surface area contributed by atoms with Crippen molar-refractivity contribution in [3.05, 3.63) is 86.1 Å². The van der Waals surface area contributed by atoms with E-state index in [4.69, 9.17) is 42.1 Å². The third kappa shape index (κ3) is 4.33. The third-order valence-electron chi connectivity index (χ3n) is 6.10. The molecule has 6 nitrogen and oxygen atoms in total. The van der Waals surface area contributed by atoms with E-state index in [-0.39, 0.29) is 11.5 Å². The molecule has 2 aliphatic rings. The number of nitrogens with zero attached hydrogens (tertiary/aromatic N) is 1. The number of aryl methyl sites for hydroxylation is 1. The summed E-state index contributed by atoms with van der Waals surface area (Å²) in [4.78, 5) is 15.5. The first-order chi connectivity index (χ1) is 16.9. The molecule has 2 aliphatic heterocycles. The lowest BCUT2D eigenvalue weighted by molar-refractivity contribution is 0.0872. The predicted octanol–water partition coefficient (Wildman–Crippen LogP) is 6.29. The fourth-order valence-corrected chi connectivity index (χ4v) is 4.76. The van der Waals surface area contributed by atoms with Crippen molar-refractivity contribution in [1.82, 2.24) is 4.90 Å². The Hall–Kier alpha value is -3.19. The molecule has 0 saturated carbocycles. The highest BCUT2D eigenvalue weighted by atomic mass is 35.5. The minimum absolute atomic E-state index is 0.174. The third-order valence-corrected chi connectivity index (χ3v) is 6.84. The molecule has 8 heteroatoms. The Morgan fingerprint density at radius 3 is 2.66 bits per heavy atom. The van der Waals surface area contributed by atoms with Gasteiger partial charge in [0.05, 0.1) is 35.4 Å². The van der Waals surface area contributed by atoms with Gasteiger partial charge in [-0.1, -0.05) is 41.4 Å². The minimum atomic E-state index is -0.174. The van der Waals surface area contributed by atoms with E-state index in [0.717, 1.165) is 22.4 Å². The molecule has 0 saturated heterocycles. The number of ketones is 1. The van der Waals surface area contributed by atoms with Crippen molar-refractivity contribution in [3.8, 4) is 23.0 Å². The molecule has 0 unspecified atom stereocenters. The van der Waals surface area contributed by atoms with E-state index in [9.17, 15) is 4.79 Å². The van der Waals surface area contributed by atoms with Gasteiger partial charge in [-0.05, 0) is 48.4 Å². The van der Waals surface area contributed by atoms with Crippen LogP contribution in [0, 0.1) is 6.92 Å². The quantitative estimate of drug-likeness (QED) is 0.375. The Bertz CT molecular complexity index is 1370. The van der Waals surface area contributed by atoms with Crippen molar-refractivity contribution in [2.45, 2.75) is 20.0 Å². The maximum Gasteiger partial charge on any atom is 0.232 e. The average Bonchev–Trinajstić information content (AvgIpc) is 3.18. The summed E-state index contributed by atoms with van der Waals surface area (Å²) in [6.45, 7) is 3.46. The second-order valence-electron chi connectivity index (χ2n) is 8.41. The molecule has 0 atom stereocenters. The van der Waals surface area contributed by atoms with Crippen LogP contribution < -0.4 is 18.9 Å². The first-order valence-corrected chi connectivity index (χ1v) is 11.8. The van der Waals surface area contributed by atoms with Crippen molar-refractivity contribution in [2.24, 2.45) is 0 Å². The number of carbonyl (C=O) groups excluding carboxylic acids is 1. The van der Waals surface area contributed by atoms with Crippen molar-refractivity contribution in [3.63, 3.8) is 0 Å². The molecule has 0 N–H and O–H groups in total. The minimum Gasteiger partial charge on any atom is -0.493 e. The summed E-state index contributed by atoms with van der Waals surface area (Å²) < 4.78 is 23.1. The molecule has 0 fully saturated rings. The van der Waals surface area contributed by atoms with Crippen molar-refractivity contribution in [1.29, 1.82) is 0 Å². The molecule has 3 aromatic rings. The zero-order chi connectivity index (χ0) is 24.7. The second-order valence-corrected chi connectivity index (χ2v) is 9.22. The lowest BCUT2D eigenvalue weighted by Gasteiger charge is -2.30. The number of hydrogen-bond donors (Lipinski definition) is 0. The molecule has 0 spiro atoms. The zero-order valence-corrected chi connectivity index (χ0v) is 21.0. The molecule has 0 aromatic heterocycles. The van der Waals surface area contributed by atoms with Crippen molar-refractivity contribution >= 4 is 35.1 Å². The SMILES string of the molecule is COc1cccc(/C=C2\Oc3c4c(cc(C)c3C2=O)OCN(Cc2ccc(Cl)c(Cl)c2)C4)c1OC. The number of Topliss-reactive ketones (excluding diaryl/α,β-unsaturated/α-hetero) is 1. The zero-order valence-electron chi connectivity index (χ0n) is 19.5. The topological polar surface area (TPSA) is 57.2 Å². The Morgan fingerprint density at radius 2 is 1.91 bits per heavy atom. The smallest absolute Gasteiger partial charge is 0.232 e. The maximum absolute atomic E-state index is 13.4. The Balaban J connectivity index is 1.47. The molecule has 180 valence electrons. The van der Waals surface area contributed by atoms with Crippen LogP contribution in [0.1, 0.15) is 32.6 Å². The monoisotopic (exact) mass is 511 g/mol. The number of para-hydroxylation sites is 1. The van der Waals surface area contributed by atoms with Gasteiger partial charge in [-0.3, -0.25) is 9.69 Å². The first kappa shape index (κ1) is 23.5. The first-order valence-electron chi connectivity index (χ1n) is 11.0. The maximum atomic E-state index is 13.4. The summed E-state index contributed by atoms with van der Waals surface area (Å²) in [5.41, 5.74) is 3.90. The molecule has 0 bridgehead atoms. The van der Waals surface area contributed by atoms with E-state index in [2.05, 4.69) is 4.90 Å². The molecule has 35 heavy (non-hydrogen) atoms. The van der Waals surface area contributed by atoms with Gasteiger partial charge in [-0.15, -0.1) is 0 Å². The van der Waals surface area contributed by atoms with Crippen LogP contribution in [0.25, 0.3) is 6.08 Å². The van der Waals surface area contributed by atoms with E-state index in [1.165, 1.54) is 0 Å². The van der Waals surface area contributed by atoms with E-state index < -0.39 is 0 Å². The van der Waals surface area contributed by atoms with Gasteiger partial charge in [0.25, 0.3) is 0 Å². The standard InChI is InChI=1S/C27H23Cl2NO5/c1-15-9-22-18(13-30(14-34-22)12-16-7-8-19(28)20(29)10-16)27-24(15)25(31)23(35-27)11-17-5-4-6-21(32-2)26(17)33-3/h4-11H,12-14H2,1-3H3/b23-11-. The lowest BCUT2D eigenvalue weighted by atomic mass is 9.98. The van der Waals surface area contributed by atoms with Crippen LogP contribution in [-0.4, -0.2) is 31.6 Å². The van der Waals surface area contributed by atoms with Gasteiger partial charge >= 0.3 is 0 Å². The van der Waals surface area contributed by atoms with E-state index in [0.29, 0.717) is 58.2 Å².